The van der Waals surface area contributed by atoms with Gasteiger partial charge in [-0.1, -0.05) is 27.7 Å². The molecular formula is C15H23FN2O2S. The van der Waals surface area contributed by atoms with Crippen molar-refractivity contribution >= 4 is 10.0 Å². The Bertz CT molecular complexity index is 652. The molecule has 118 valence electrons. The quantitative estimate of drug-likeness (QED) is 0.898. The van der Waals surface area contributed by atoms with Crippen LogP contribution < -0.4 is 10.5 Å². The maximum Gasteiger partial charge on any atom is 0.241 e. The molecule has 1 fully saturated rings. The van der Waals surface area contributed by atoms with Crippen molar-refractivity contribution in [2.24, 2.45) is 16.6 Å². The molecule has 6 heteroatoms. The summed E-state index contributed by atoms with van der Waals surface area (Å²) < 4.78 is 41.0. The molecule has 3 N–H and O–H groups in total. The molecule has 0 aliphatic heterocycles. The summed E-state index contributed by atoms with van der Waals surface area (Å²) in [6.07, 6.45) is 0. The summed E-state index contributed by atoms with van der Waals surface area (Å²) in [7, 11) is -3.71. The minimum Gasteiger partial charge on any atom is -0.327 e. The fourth-order valence-electron chi connectivity index (χ4n) is 3.62. The van der Waals surface area contributed by atoms with Crippen molar-refractivity contribution in [2.45, 2.75) is 51.6 Å². The third kappa shape index (κ3) is 2.49. The Morgan fingerprint density at radius 2 is 1.71 bits per heavy atom. The highest BCUT2D eigenvalue weighted by molar-refractivity contribution is 7.89. The molecule has 0 spiro atoms. The molecule has 2 rings (SSSR count). The van der Waals surface area contributed by atoms with Crippen molar-refractivity contribution in [2.75, 3.05) is 0 Å². The maximum absolute atomic E-state index is 13.1. The topological polar surface area (TPSA) is 72.2 Å². The summed E-state index contributed by atoms with van der Waals surface area (Å²) in [5.74, 6) is -0.447. The third-order valence-corrected chi connectivity index (χ3v) is 6.37. The van der Waals surface area contributed by atoms with Crippen molar-refractivity contribution < 1.29 is 12.8 Å². The Morgan fingerprint density at radius 3 is 2.19 bits per heavy atom. The van der Waals surface area contributed by atoms with Crippen molar-refractivity contribution in [3.05, 3.63) is 29.6 Å². The second-order valence-corrected chi connectivity index (χ2v) is 8.77. The zero-order valence-corrected chi connectivity index (χ0v) is 13.9. The SMILES string of the molecule is Cc1cc(F)ccc1S(=O)(=O)NC1C(C)(C)C(N)C1(C)C. The fraction of sp³-hybridized carbons (Fsp3) is 0.600. The number of hydrogen-bond acceptors (Lipinski definition) is 3. The monoisotopic (exact) mass is 314 g/mol. The van der Waals surface area contributed by atoms with Gasteiger partial charge in [-0.05, 0) is 41.5 Å². The number of benzene rings is 1. The van der Waals surface area contributed by atoms with E-state index < -0.39 is 15.8 Å². The van der Waals surface area contributed by atoms with E-state index in [0.29, 0.717) is 5.56 Å². The predicted molar refractivity (Wildman–Crippen MR) is 80.8 cm³/mol. The standard InChI is InChI=1S/C15H23FN2O2S/c1-9-8-10(16)6-7-11(9)21(19,20)18-13-14(2,3)12(17)15(13,4)5/h6-8,12-13,18H,17H2,1-5H3. The zero-order chi connectivity index (χ0) is 16.2. The molecule has 0 unspecified atom stereocenters. The first-order chi connectivity index (χ1) is 9.40. The van der Waals surface area contributed by atoms with Crippen molar-refractivity contribution in [1.29, 1.82) is 0 Å². The molecule has 1 aromatic carbocycles. The maximum atomic E-state index is 13.1. The molecule has 1 aliphatic carbocycles. The molecule has 0 heterocycles. The lowest BCUT2D eigenvalue weighted by Crippen LogP contribution is -2.75. The van der Waals surface area contributed by atoms with Gasteiger partial charge in [-0.15, -0.1) is 0 Å². The third-order valence-electron chi connectivity index (χ3n) is 4.79. The van der Waals surface area contributed by atoms with E-state index in [4.69, 9.17) is 5.73 Å². The first-order valence-corrected chi connectivity index (χ1v) is 8.43. The number of hydrogen-bond donors (Lipinski definition) is 2. The Balaban J connectivity index is 2.34. The lowest BCUT2D eigenvalue weighted by Gasteiger charge is -2.62. The van der Waals surface area contributed by atoms with E-state index in [1.807, 2.05) is 27.7 Å². The molecule has 0 radical (unpaired) electrons. The Hall–Kier alpha value is -0.980. The first kappa shape index (κ1) is 16.4. The van der Waals surface area contributed by atoms with Crippen LogP contribution in [0.2, 0.25) is 0 Å². The minimum atomic E-state index is -3.71. The van der Waals surface area contributed by atoms with Crippen LogP contribution in [0.1, 0.15) is 33.3 Å². The van der Waals surface area contributed by atoms with Gasteiger partial charge in [-0.3, -0.25) is 0 Å². The normalized spacial score (nSPS) is 27.2. The highest BCUT2D eigenvalue weighted by atomic mass is 32.2. The van der Waals surface area contributed by atoms with Crippen LogP contribution in [0.15, 0.2) is 23.1 Å². The van der Waals surface area contributed by atoms with Gasteiger partial charge in [-0.2, -0.15) is 0 Å². The average molecular weight is 314 g/mol. The molecule has 21 heavy (non-hydrogen) atoms. The second-order valence-electron chi connectivity index (χ2n) is 7.08. The van der Waals surface area contributed by atoms with Crippen LogP contribution in [-0.2, 0) is 10.0 Å². The summed E-state index contributed by atoms with van der Waals surface area (Å²) in [5.41, 5.74) is 5.88. The number of sulfonamides is 1. The van der Waals surface area contributed by atoms with Crippen LogP contribution in [0.5, 0.6) is 0 Å². The molecule has 4 nitrogen and oxygen atoms in total. The number of halogens is 1. The van der Waals surface area contributed by atoms with Crippen LogP contribution in [0, 0.1) is 23.6 Å². The number of rotatable bonds is 3. The summed E-state index contributed by atoms with van der Waals surface area (Å²) in [4.78, 5) is 0.107. The average Bonchev–Trinajstić information content (AvgIpc) is 2.34. The van der Waals surface area contributed by atoms with E-state index in [1.165, 1.54) is 12.1 Å². The molecule has 0 saturated heterocycles. The lowest BCUT2D eigenvalue weighted by molar-refractivity contribution is -0.0593. The van der Waals surface area contributed by atoms with Crippen LogP contribution in [0.4, 0.5) is 4.39 Å². The van der Waals surface area contributed by atoms with E-state index >= 15 is 0 Å². The molecule has 1 aliphatic rings. The number of aryl methyl sites for hydroxylation is 1. The number of nitrogens with one attached hydrogen (secondary N) is 1. The van der Waals surface area contributed by atoms with Crippen LogP contribution in [-0.4, -0.2) is 20.5 Å². The van der Waals surface area contributed by atoms with Gasteiger partial charge in [0, 0.05) is 12.1 Å². The highest BCUT2D eigenvalue weighted by Crippen LogP contribution is 2.53. The summed E-state index contributed by atoms with van der Waals surface area (Å²) in [5, 5.41) is 0. The van der Waals surface area contributed by atoms with E-state index in [2.05, 4.69) is 4.72 Å². The molecule has 0 bridgehead atoms. The zero-order valence-electron chi connectivity index (χ0n) is 13.1. The Kier molecular flexibility index (Phi) is 3.72. The van der Waals surface area contributed by atoms with Gasteiger partial charge in [0.05, 0.1) is 4.90 Å². The van der Waals surface area contributed by atoms with Crippen molar-refractivity contribution in [1.82, 2.24) is 4.72 Å². The van der Waals surface area contributed by atoms with E-state index in [9.17, 15) is 12.8 Å². The Morgan fingerprint density at radius 1 is 1.19 bits per heavy atom. The van der Waals surface area contributed by atoms with Crippen LogP contribution >= 0.6 is 0 Å². The van der Waals surface area contributed by atoms with E-state index in [1.54, 1.807) is 6.92 Å². The predicted octanol–water partition coefficient (Wildman–Crippen LogP) is 2.17. The summed E-state index contributed by atoms with van der Waals surface area (Å²) >= 11 is 0. The van der Waals surface area contributed by atoms with Gasteiger partial charge in [0.1, 0.15) is 5.82 Å². The number of nitrogens with two attached hydrogens (primary N) is 1. The summed E-state index contributed by atoms with van der Waals surface area (Å²) in [6.45, 7) is 9.39. The van der Waals surface area contributed by atoms with Crippen molar-refractivity contribution in [3.8, 4) is 0 Å². The van der Waals surface area contributed by atoms with Crippen LogP contribution in [0.25, 0.3) is 0 Å². The molecule has 0 amide bonds. The fourth-order valence-corrected chi connectivity index (χ4v) is 5.39. The highest BCUT2D eigenvalue weighted by Gasteiger charge is 2.61. The smallest absolute Gasteiger partial charge is 0.241 e. The largest absolute Gasteiger partial charge is 0.327 e. The van der Waals surface area contributed by atoms with Gasteiger partial charge < -0.3 is 5.73 Å². The molecule has 1 aromatic rings. The summed E-state index contributed by atoms with van der Waals surface area (Å²) in [6, 6.07) is 3.31. The van der Waals surface area contributed by atoms with Crippen molar-refractivity contribution in [3.63, 3.8) is 0 Å². The van der Waals surface area contributed by atoms with E-state index in [-0.39, 0.29) is 27.8 Å². The van der Waals surface area contributed by atoms with Gasteiger partial charge in [-0.25, -0.2) is 17.5 Å². The molecular weight excluding hydrogens is 291 g/mol. The minimum absolute atomic E-state index is 0.0907. The lowest BCUT2D eigenvalue weighted by atomic mass is 9.49. The van der Waals surface area contributed by atoms with Gasteiger partial charge in [0.2, 0.25) is 10.0 Å². The van der Waals surface area contributed by atoms with E-state index in [0.717, 1.165) is 6.07 Å². The first-order valence-electron chi connectivity index (χ1n) is 6.95. The molecule has 0 atom stereocenters. The van der Waals surface area contributed by atoms with Gasteiger partial charge >= 0.3 is 0 Å². The molecule has 0 aromatic heterocycles. The van der Waals surface area contributed by atoms with Gasteiger partial charge in [0.25, 0.3) is 0 Å². The van der Waals surface area contributed by atoms with Gasteiger partial charge in [0.15, 0.2) is 0 Å². The Labute approximate surface area is 126 Å². The second kappa shape index (κ2) is 4.76. The van der Waals surface area contributed by atoms with Crippen LogP contribution in [0.3, 0.4) is 0 Å². The molecule has 1 saturated carbocycles.